The highest BCUT2D eigenvalue weighted by Gasteiger charge is 2.23. The van der Waals surface area contributed by atoms with Crippen LogP contribution in [-0.2, 0) is 15.2 Å². The Morgan fingerprint density at radius 1 is 1.29 bits per heavy atom. The van der Waals surface area contributed by atoms with Crippen molar-refractivity contribution in [3.05, 3.63) is 35.4 Å². The summed E-state index contributed by atoms with van der Waals surface area (Å²) >= 11 is 0. The third-order valence-corrected chi connectivity index (χ3v) is 3.89. The lowest BCUT2D eigenvalue weighted by Gasteiger charge is -2.29. The van der Waals surface area contributed by atoms with Crippen LogP contribution in [0.3, 0.4) is 0 Å². The Kier molecular flexibility index (Phi) is 5.37. The standard InChI is InChI=1S/C17H26N2O2/c1-14-6-8-15(9-7-14)17(2,3)18-16(20)10-12-19-11-4-5-13-21-19/h6-9H,4-5,10-13H2,1-3H3,(H,18,20). The zero-order valence-corrected chi connectivity index (χ0v) is 13.3. The number of carbonyl (C=O) groups is 1. The van der Waals surface area contributed by atoms with Crippen molar-refractivity contribution in [1.82, 2.24) is 10.4 Å². The molecule has 4 heteroatoms. The summed E-state index contributed by atoms with van der Waals surface area (Å²) in [5.41, 5.74) is 1.99. The number of amides is 1. The average Bonchev–Trinajstić information content (AvgIpc) is 2.46. The van der Waals surface area contributed by atoms with Crippen LogP contribution in [0.4, 0.5) is 0 Å². The molecule has 0 bridgehead atoms. The van der Waals surface area contributed by atoms with Crippen LogP contribution < -0.4 is 5.32 Å². The van der Waals surface area contributed by atoms with Gasteiger partial charge < -0.3 is 5.32 Å². The Morgan fingerprint density at radius 2 is 2.00 bits per heavy atom. The van der Waals surface area contributed by atoms with Gasteiger partial charge in [0.2, 0.25) is 5.91 Å². The molecule has 1 saturated heterocycles. The van der Waals surface area contributed by atoms with Crippen LogP contribution in [0.15, 0.2) is 24.3 Å². The maximum Gasteiger partial charge on any atom is 0.222 e. The fourth-order valence-corrected chi connectivity index (χ4v) is 2.50. The molecule has 1 aromatic rings. The van der Waals surface area contributed by atoms with Gasteiger partial charge in [0.1, 0.15) is 0 Å². The molecule has 0 aliphatic carbocycles. The van der Waals surface area contributed by atoms with Crippen molar-refractivity contribution in [2.24, 2.45) is 0 Å². The molecule has 2 rings (SSSR count). The monoisotopic (exact) mass is 290 g/mol. The van der Waals surface area contributed by atoms with Crippen LogP contribution in [0.2, 0.25) is 0 Å². The summed E-state index contributed by atoms with van der Waals surface area (Å²) in [5.74, 6) is 0.0646. The van der Waals surface area contributed by atoms with E-state index >= 15 is 0 Å². The Balaban J connectivity index is 1.84. The topological polar surface area (TPSA) is 41.6 Å². The molecule has 116 valence electrons. The van der Waals surface area contributed by atoms with Crippen molar-refractivity contribution >= 4 is 5.91 Å². The molecule has 0 unspecified atom stereocenters. The second-order valence-corrected chi connectivity index (χ2v) is 6.26. The fraction of sp³-hybridized carbons (Fsp3) is 0.588. The molecule has 0 radical (unpaired) electrons. The molecule has 21 heavy (non-hydrogen) atoms. The van der Waals surface area contributed by atoms with Crippen molar-refractivity contribution in [3.63, 3.8) is 0 Å². The van der Waals surface area contributed by atoms with Crippen LogP contribution in [0.5, 0.6) is 0 Å². The van der Waals surface area contributed by atoms with Crippen molar-refractivity contribution in [3.8, 4) is 0 Å². The van der Waals surface area contributed by atoms with E-state index in [1.165, 1.54) is 5.56 Å². The first kappa shape index (κ1) is 16.0. The van der Waals surface area contributed by atoms with Crippen molar-refractivity contribution < 1.29 is 9.63 Å². The number of carbonyl (C=O) groups excluding carboxylic acids is 1. The molecule has 0 spiro atoms. The predicted octanol–water partition coefficient (Wildman–Crippen LogP) is 2.76. The summed E-state index contributed by atoms with van der Waals surface area (Å²) in [6.45, 7) is 8.49. The second kappa shape index (κ2) is 7.05. The highest BCUT2D eigenvalue weighted by Crippen LogP contribution is 2.20. The van der Waals surface area contributed by atoms with E-state index in [9.17, 15) is 4.79 Å². The van der Waals surface area contributed by atoms with Crippen molar-refractivity contribution in [1.29, 1.82) is 0 Å². The van der Waals surface area contributed by atoms with Crippen LogP contribution >= 0.6 is 0 Å². The molecule has 1 aliphatic rings. The fourth-order valence-electron chi connectivity index (χ4n) is 2.50. The smallest absolute Gasteiger partial charge is 0.222 e. The first-order chi connectivity index (χ1) is 9.97. The molecular formula is C17H26N2O2. The molecule has 4 nitrogen and oxygen atoms in total. The summed E-state index contributed by atoms with van der Waals surface area (Å²) in [6.07, 6.45) is 2.73. The zero-order chi connectivity index (χ0) is 15.3. The van der Waals surface area contributed by atoms with Gasteiger partial charge in [0.15, 0.2) is 0 Å². The van der Waals surface area contributed by atoms with E-state index in [0.717, 1.165) is 31.6 Å². The largest absolute Gasteiger partial charge is 0.347 e. The third-order valence-electron chi connectivity index (χ3n) is 3.89. The van der Waals surface area contributed by atoms with Crippen molar-refractivity contribution in [2.75, 3.05) is 19.7 Å². The normalized spacial score (nSPS) is 16.7. The summed E-state index contributed by atoms with van der Waals surface area (Å²) in [4.78, 5) is 17.7. The van der Waals surface area contributed by atoms with E-state index in [-0.39, 0.29) is 11.4 Å². The molecule has 1 fully saturated rings. The van der Waals surface area contributed by atoms with Gasteiger partial charge in [-0.25, -0.2) is 0 Å². The highest BCUT2D eigenvalue weighted by atomic mass is 16.7. The van der Waals surface area contributed by atoms with E-state index < -0.39 is 0 Å². The van der Waals surface area contributed by atoms with E-state index in [0.29, 0.717) is 13.0 Å². The Labute approximate surface area is 127 Å². The van der Waals surface area contributed by atoms with Gasteiger partial charge in [0.25, 0.3) is 0 Å². The van der Waals surface area contributed by atoms with Crippen molar-refractivity contribution in [2.45, 2.75) is 45.6 Å². The van der Waals surface area contributed by atoms with Crippen LogP contribution in [0, 0.1) is 6.92 Å². The predicted molar refractivity (Wildman–Crippen MR) is 83.7 cm³/mol. The molecule has 0 aromatic heterocycles. The van der Waals surface area contributed by atoms with Crippen LogP contribution in [-0.4, -0.2) is 30.7 Å². The maximum atomic E-state index is 12.1. The lowest BCUT2D eigenvalue weighted by molar-refractivity contribution is -0.181. The minimum atomic E-state index is -0.354. The number of nitrogens with zero attached hydrogens (tertiary/aromatic N) is 1. The van der Waals surface area contributed by atoms with E-state index in [4.69, 9.17) is 4.84 Å². The lowest BCUT2D eigenvalue weighted by Crippen LogP contribution is -2.42. The number of aryl methyl sites for hydroxylation is 1. The lowest BCUT2D eigenvalue weighted by atomic mass is 9.93. The zero-order valence-electron chi connectivity index (χ0n) is 13.3. The summed E-state index contributed by atoms with van der Waals surface area (Å²) in [7, 11) is 0. The van der Waals surface area contributed by atoms with Gasteiger partial charge in [-0.1, -0.05) is 29.8 Å². The van der Waals surface area contributed by atoms with Gasteiger partial charge in [0.05, 0.1) is 12.1 Å². The van der Waals surface area contributed by atoms with Gasteiger partial charge in [-0.2, -0.15) is 5.06 Å². The Morgan fingerprint density at radius 3 is 2.62 bits per heavy atom. The first-order valence-corrected chi connectivity index (χ1v) is 7.73. The van der Waals surface area contributed by atoms with Gasteiger partial charge in [0, 0.05) is 19.5 Å². The number of hydrogen-bond donors (Lipinski definition) is 1. The Hall–Kier alpha value is -1.39. The van der Waals surface area contributed by atoms with Crippen LogP contribution in [0.25, 0.3) is 0 Å². The van der Waals surface area contributed by atoms with Gasteiger partial charge in [-0.15, -0.1) is 0 Å². The molecule has 0 saturated carbocycles. The summed E-state index contributed by atoms with van der Waals surface area (Å²) in [5, 5.41) is 5.02. The maximum absolute atomic E-state index is 12.1. The van der Waals surface area contributed by atoms with Gasteiger partial charge in [-0.05, 0) is 39.2 Å². The summed E-state index contributed by atoms with van der Waals surface area (Å²) < 4.78 is 0. The Bertz CT molecular complexity index is 462. The number of rotatable bonds is 5. The number of hydroxylamine groups is 2. The van der Waals surface area contributed by atoms with Crippen LogP contribution in [0.1, 0.15) is 44.2 Å². The van der Waals surface area contributed by atoms with Gasteiger partial charge >= 0.3 is 0 Å². The number of nitrogens with one attached hydrogen (secondary N) is 1. The highest BCUT2D eigenvalue weighted by molar-refractivity contribution is 5.77. The average molecular weight is 290 g/mol. The molecule has 1 aromatic carbocycles. The number of benzene rings is 1. The van der Waals surface area contributed by atoms with E-state index in [2.05, 4.69) is 36.5 Å². The number of hydrogen-bond acceptors (Lipinski definition) is 3. The summed E-state index contributed by atoms with van der Waals surface area (Å²) in [6, 6.07) is 8.29. The van der Waals surface area contributed by atoms with Gasteiger partial charge in [-0.3, -0.25) is 9.63 Å². The van der Waals surface area contributed by atoms with E-state index in [1.54, 1.807) is 0 Å². The SMILES string of the molecule is Cc1ccc(C(C)(C)NC(=O)CCN2CCCCO2)cc1. The second-order valence-electron chi connectivity index (χ2n) is 6.26. The molecule has 1 amide bonds. The molecule has 1 aliphatic heterocycles. The third kappa shape index (κ3) is 4.83. The molecular weight excluding hydrogens is 264 g/mol. The minimum Gasteiger partial charge on any atom is -0.347 e. The minimum absolute atomic E-state index is 0.0646. The quantitative estimate of drug-likeness (QED) is 0.906. The molecule has 0 atom stereocenters. The first-order valence-electron chi connectivity index (χ1n) is 7.73. The van der Waals surface area contributed by atoms with E-state index in [1.807, 2.05) is 18.9 Å². The molecule has 1 heterocycles. The molecule has 1 N–H and O–H groups in total.